The van der Waals surface area contributed by atoms with Gasteiger partial charge in [0.05, 0.1) is 38.6 Å². The largest absolute Gasteiger partial charge is 0.497 e. The van der Waals surface area contributed by atoms with Gasteiger partial charge in [0, 0.05) is 46.3 Å². The van der Waals surface area contributed by atoms with Crippen LogP contribution in [0, 0.1) is 13.8 Å². The summed E-state index contributed by atoms with van der Waals surface area (Å²) >= 11 is 0. The number of hydrogen-bond acceptors (Lipinski definition) is 6. The maximum absolute atomic E-state index is 12.9. The minimum atomic E-state index is -0.355. The van der Waals surface area contributed by atoms with Crippen LogP contribution in [0.2, 0.25) is 0 Å². The van der Waals surface area contributed by atoms with Crippen LogP contribution in [-0.4, -0.2) is 48.5 Å². The molecule has 0 atom stereocenters. The summed E-state index contributed by atoms with van der Waals surface area (Å²) in [5, 5.41) is 1.58. The number of carbonyl (C=O) groups excluding carboxylic acids is 2. The molecule has 0 N–H and O–H groups in total. The molecule has 2 aromatic heterocycles. The van der Waals surface area contributed by atoms with Gasteiger partial charge in [-0.05, 0) is 64.1 Å². The second kappa shape index (κ2) is 10.4. The molecular formula is C28H32N2O6. The molecule has 0 fully saturated rings. The SMILES string of the molecule is CCOC(=O)c1c(C)n(CCn2c(C)c(C(=O)OCC)c3cc(OC)ccc32)c2ccc(OC)cc12. The molecule has 0 aliphatic rings. The van der Waals surface area contributed by atoms with Crippen molar-refractivity contribution in [2.24, 2.45) is 0 Å². The minimum absolute atomic E-state index is 0.295. The number of benzene rings is 2. The van der Waals surface area contributed by atoms with Crippen molar-refractivity contribution in [3.8, 4) is 11.5 Å². The Balaban J connectivity index is 1.81. The average Bonchev–Trinajstić information content (AvgIpc) is 3.31. The Bertz CT molecular complexity index is 1340. The number of nitrogens with zero attached hydrogens (tertiary/aromatic N) is 2. The van der Waals surface area contributed by atoms with E-state index in [4.69, 9.17) is 18.9 Å². The third-order valence-electron chi connectivity index (χ3n) is 6.57. The zero-order valence-corrected chi connectivity index (χ0v) is 21.6. The predicted octanol–water partition coefficient (Wildman–Crippen LogP) is 5.28. The first-order chi connectivity index (χ1) is 17.4. The van der Waals surface area contributed by atoms with Crippen LogP contribution in [0.25, 0.3) is 21.8 Å². The molecule has 8 heteroatoms. The van der Waals surface area contributed by atoms with Crippen LogP contribution in [0.1, 0.15) is 46.0 Å². The van der Waals surface area contributed by atoms with Gasteiger partial charge in [-0.1, -0.05) is 0 Å². The molecule has 0 bridgehead atoms. The molecule has 0 aliphatic carbocycles. The van der Waals surface area contributed by atoms with E-state index >= 15 is 0 Å². The van der Waals surface area contributed by atoms with Crippen LogP contribution in [0.5, 0.6) is 11.5 Å². The Hall–Kier alpha value is -3.94. The zero-order valence-electron chi connectivity index (χ0n) is 21.6. The van der Waals surface area contributed by atoms with E-state index < -0.39 is 0 Å². The number of esters is 2. The van der Waals surface area contributed by atoms with Crippen molar-refractivity contribution in [2.75, 3.05) is 27.4 Å². The summed E-state index contributed by atoms with van der Waals surface area (Å²) in [5.74, 6) is 0.633. The number of fused-ring (bicyclic) bond motifs is 2. The Kier molecular flexibility index (Phi) is 7.24. The van der Waals surface area contributed by atoms with Crippen LogP contribution in [-0.2, 0) is 22.6 Å². The fraction of sp³-hybridized carbons (Fsp3) is 0.357. The molecule has 2 heterocycles. The highest BCUT2D eigenvalue weighted by Crippen LogP contribution is 2.32. The lowest BCUT2D eigenvalue weighted by atomic mass is 10.1. The number of ether oxygens (including phenoxy) is 4. The summed E-state index contributed by atoms with van der Waals surface area (Å²) in [6.45, 7) is 9.18. The standard InChI is InChI=1S/C28H32N2O6/c1-7-35-27(31)25-17(3)29(23-11-9-19(33-5)15-21(23)25)13-14-30-18(4)26(28(32)36-8-2)22-16-20(34-6)10-12-24(22)30/h9-12,15-16H,7-8,13-14H2,1-6H3. The molecule has 0 aliphatic heterocycles. The molecule has 0 radical (unpaired) electrons. The lowest BCUT2D eigenvalue weighted by molar-refractivity contribution is 0.0517. The normalized spacial score (nSPS) is 11.2. The molecule has 0 saturated carbocycles. The van der Waals surface area contributed by atoms with Crippen molar-refractivity contribution in [2.45, 2.75) is 40.8 Å². The van der Waals surface area contributed by atoms with Crippen LogP contribution in [0.3, 0.4) is 0 Å². The maximum Gasteiger partial charge on any atom is 0.340 e. The lowest BCUT2D eigenvalue weighted by Crippen LogP contribution is -2.12. The van der Waals surface area contributed by atoms with Gasteiger partial charge in [-0.15, -0.1) is 0 Å². The molecule has 0 spiro atoms. The van der Waals surface area contributed by atoms with Gasteiger partial charge >= 0.3 is 11.9 Å². The van der Waals surface area contributed by atoms with Crippen molar-refractivity contribution in [3.63, 3.8) is 0 Å². The monoisotopic (exact) mass is 492 g/mol. The predicted molar refractivity (Wildman–Crippen MR) is 138 cm³/mol. The topological polar surface area (TPSA) is 80.9 Å². The Morgan fingerprint density at radius 3 is 1.42 bits per heavy atom. The van der Waals surface area contributed by atoms with E-state index in [1.807, 2.05) is 50.2 Å². The van der Waals surface area contributed by atoms with Crippen LogP contribution >= 0.6 is 0 Å². The first-order valence-electron chi connectivity index (χ1n) is 12.0. The molecule has 36 heavy (non-hydrogen) atoms. The summed E-state index contributed by atoms with van der Waals surface area (Å²) in [6.07, 6.45) is 0. The molecule has 190 valence electrons. The zero-order chi connectivity index (χ0) is 26.0. The lowest BCUT2D eigenvalue weighted by Gasteiger charge is -2.13. The van der Waals surface area contributed by atoms with Gasteiger partial charge < -0.3 is 28.1 Å². The molecule has 4 aromatic rings. The molecule has 4 rings (SSSR count). The van der Waals surface area contributed by atoms with Crippen molar-refractivity contribution < 1.29 is 28.5 Å². The summed E-state index contributed by atoms with van der Waals surface area (Å²) in [4.78, 5) is 25.7. The van der Waals surface area contributed by atoms with Crippen LogP contribution < -0.4 is 9.47 Å². The Morgan fingerprint density at radius 2 is 1.08 bits per heavy atom. The van der Waals surface area contributed by atoms with Crippen molar-refractivity contribution >= 4 is 33.7 Å². The Labute approximate surface area is 210 Å². The van der Waals surface area contributed by atoms with Gasteiger partial charge in [0.15, 0.2) is 0 Å². The molecule has 0 unspecified atom stereocenters. The minimum Gasteiger partial charge on any atom is -0.497 e. The first kappa shape index (κ1) is 25.2. The van der Waals surface area contributed by atoms with Crippen molar-refractivity contribution in [1.82, 2.24) is 9.13 Å². The highest BCUT2D eigenvalue weighted by Gasteiger charge is 2.24. The third-order valence-corrected chi connectivity index (χ3v) is 6.57. The van der Waals surface area contributed by atoms with Gasteiger partial charge in [-0.3, -0.25) is 0 Å². The van der Waals surface area contributed by atoms with Gasteiger partial charge in [0.1, 0.15) is 11.5 Å². The first-order valence-corrected chi connectivity index (χ1v) is 12.0. The fourth-order valence-electron chi connectivity index (χ4n) is 4.87. The molecule has 0 saturated heterocycles. The van der Waals surface area contributed by atoms with Gasteiger partial charge in [0.2, 0.25) is 0 Å². The van der Waals surface area contributed by atoms with E-state index in [0.29, 0.717) is 48.9 Å². The summed E-state index contributed by atoms with van der Waals surface area (Å²) in [7, 11) is 3.20. The second-order valence-electron chi connectivity index (χ2n) is 8.43. The fourth-order valence-corrected chi connectivity index (χ4v) is 4.87. The maximum atomic E-state index is 12.9. The van der Waals surface area contributed by atoms with Crippen molar-refractivity contribution in [1.29, 1.82) is 0 Å². The van der Waals surface area contributed by atoms with Gasteiger partial charge in [0.25, 0.3) is 0 Å². The smallest absolute Gasteiger partial charge is 0.340 e. The number of aromatic nitrogens is 2. The van der Waals surface area contributed by atoms with E-state index in [2.05, 4.69) is 9.13 Å². The molecular weight excluding hydrogens is 460 g/mol. The molecule has 2 aromatic carbocycles. The van der Waals surface area contributed by atoms with E-state index in [0.717, 1.165) is 33.2 Å². The highest BCUT2D eigenvalue weighted by atomic mass is 16.5. The van der Waals surface area contributed by atoms with E-state index in [1.165, 1.54) is 0 Å². The highest BCUT2D eigenvalue weighted by molar-refractivity contribution is 6.07. The van der Waals surface area contributed by atoms with Crippen LogP contribution in [0.15, 0.2) is 36.4 Å². The molecule has 0 amide bonds. The van der Waals surface area contributed by atoms with Gasteiger partial charge in [-0.25, -0.2) is 9.59 Å². The van der Waals surface area contributed by atoms with Crippen LogP contribution in [0.4, 0.5) is 0 Å². The van der Waals surface area contributed by atoms with E-state index in [-0.39, 0.29) is 11.9 Å². The number of aryl methyl sites for hydroxylation is 2. The third kappa shape index (κ3) is 4.27. The van der Waals surface area contributed by atoms with E-state index in [9.17, 15) is 9.59 Å². The van der Waals surface area contributed by atoms with Crippen molar-refractivity contribution in [3.05, 3.63) is 58.9 Å². The Morgan fingerprint density at radius 1 is 0.694 bits per heavy atom. The summed E-state index contributed by atoms with van der Waals surface area (Å²) in [6, 6.07) is 11.4. The number of carbonyl (C=O) groups is 2. The van der Waals surface area contributed by atoms with E-state index in [1.54, 1.807) is 28.1 Å². The van der Waals surface area contributed by atoms with Gasteiger partial charge in [-0.2, -0.15) is 0 Å². The number of hydrogen-bond donors (Lipinski definition) is 0. The summed E-state index contributed by atoms with van der Waals surface area (Å²) < 4.78 is 25.7. The molecule has 8 nitrogen and oxygen atoms in total. The number of methoxy groups -OCH3 is 2. The summed E-state index contributed by atoms with van der Waals surface area (Å²) in [5.41, 5.74) is 4.54. The average molecular weight is 493 g/mol. The number of rotatable bonds is 9. The second-order valence-corrected chi connectivity index (χ2v) is 8.43. The quantitative estimate of drug-likeness (QED) is 0.296.